The third kappa shape index (κ3) is 3.14. The predicted octanol–water partition coefficient (Wildman–Crippen LogP) is 2.63. The van der Waals surface area contributed by atoms with Crippen molar-refractivity contribution in [1.29, 1.82) is 0 Å². The summed E-state index contributed by atoms with van der Waals surface area (Å²) in [5, 5.41) is 12.6. The van der Waals surface area contributed by atoms with E-state index in [1.54, 1.807) is 6.07 Å². The molecule has 6 heteroatoms. The molecule has 98 valence electrons. The number of nitrogens with two attached hydrogens (primary N) is 1. The summed E-state index contributed by atoms with van der Waals surface area (Å²) in [7, 11) is 0. The minimum absolute atomic E-state index is 0.0311. The lowest BCUT2D eigenvalue weighted by atomic mass is 10.2. The number of anilines is 2. The lowest BCUT2D eigenvalue weighted by Gasteiger charge is -2.10. The highest BCUT2D eigenvalue weighted by atomic mass is 35.5. The van der Waals surface area contributed by atoms with E-state index >= 15 is 0 Å². The molecule has 0 aliphatic carbocycles. The van der Waals surface area contributed by atoms with E-state index in [1.807, 2.05) is 18.2 Å². The molecular formula is C13H12ClN3O2. The van der Waals surface area contributed by atoms with Gasteiger partial charge in [0.25, 0.3) is 0 Å². The zero-order valence-electron chi connectivity index (χ0n) is 9.93. The van der Waals surface area contributed by atoms with Gasteiger partial charge in [-0.25, -0.2) is 9.78 Å². The standard InChI is InChI=1S/C13H12ClN3O2/c14-9-3-1-2-8(6-9)7-17-12-11(15)10(13(18)19)4-5-16-12/h1-6H,7,15H2,(H,16,17)(H,18,19). The summed E-state index contributed by atoms with van der Waals surface area (Å²) in [5.74, 6) is -0.731. The van der Waals surface area contributed by atoms with Crippen LogP contribution >= 0.6 is 11.6 Å². The summed E-state index contributed by atoms with van der Waals surface area (Å²) >= 11 is 5.88. The first-order chi connectivity index (χ1) is 9.08. The molecule has 0 aliphatic heterocycles. The smallest absolute Gasteiger partial charge is 0.337 e. The summed E-state index contributed by atoms with van der Waals surface area (Å²) in [4.78, 5) is 15.0. The normalized spacial score (nSPS) is 10.2. The first kappa shape index (κ1) is 13.2. The first-order valence-corrected chi connectivity index (χ1v) is 5.92. The second-order valence-electron chi connectivity index (χ2n) is 3.91. The molecule has 0 bridgehead atoms. The molecule has 1 aromatic carbocycles. The fraction of sp³-hybridized carbons (Fsp3) is 0.0769. The van der Waals surface area contributed by atoms with E-state index in [1.165, 1.54) is 12.3 Å². The van der Waals surface area contributed by atoms with Crippen LogP contribution in [-0.2, 0) is 6.54 Å². The molecule has 1 heterocycles. The number of carboxylic acid groups (broad SMARTS) is 1. The molecule has 0 unspecified atom stereocenters. The van der Waals surface area contributed by atoms with Gasteiger partial charge in [-0.05, 0) is 23.8 Å². The van der Waals surface area contributed by atoms with Gasteiger partial charge in [0.15, 0.2) is 0 Å². The average Bonchev–Trinajstić information content (AvgIpc) is 2.37. The van der Waals surface area contributed by atoms with Crippen molar-refractivity contribution >= 4 is 29.1 Å². The van der Waals surface area contributed by atoms with Crippen LogP contribution in [-0.4, -0.2) is 16.1 Å². The molecule has 0 spiro atoms. The summed E-state index contributed by atoms with van der Waals surface area (Å²) in [6.07, 6.45) is 1.40. The number of aromatic carboxylic acids is 1. The van der Waals surface area contributed by atoms with Gasteiger partial charge in [0.05, 0.1) is 11.3 Å². The molecule has 2 rings (SSSR count). The largest absolute Gasteiger partial charge is 0.478 e. The Balaban J connectivity index is 2.16. The number of rotatable bonds is 4. The fourth-order valence-corrected chi connectivity index (χ4v) is 1.85. The molecule has 0 radical (unpaired) electrons. The maximum absolute atomic E-state index is 10.9. The van der Waals surface area contributed by atoms with Crippen molar-refractivity contribution in [3.63, 3.8) is 0 Å². The molecule has 19 heavy (non-hydrogen) atoms. The maximum atomic E-state index is 10.9. The summed E-state index contributed by atoms with van der Waals surface area (Å²) in [6.45, 7) is 0.459. The molecule has 0 atom stereocenters. The van der Waals surface area contributed by atoms with Crippen LogP contribution in [0.1, 0.15) is 15.9 Å². The van der Waals surface area contributed by atoms with Gasteiger partial charge in [0.1, 0.15) is 5.82 Å². The minimum atomic E-state index is -1.08. The molecule has 5 nitrogen and oxygen atoms in total. The predicted molar refractivity (Wildman–Crippen MR) is 74.4 cm³/mol. The number of nitrogen functional groups attached to an aromatic ring is 1. The Kier molecular flexibility index (Phi) is 3.87. The molecule has 0 saturated carbocycles. The second kappa shape index (κ2) is 5.58. The van der Waals surface area contributed by atoms with Crippen molar-refractivity contribution in [3.8, 4) is 0 Å². The van der Waals surface area contributed by atoms with Gasteiger partial charge in [-0.2, -0.15) is 0 Å². The fourth-order valence-electron chi connectivity index (χ4n) is 1.63. The van der Waals surface area contributed by atoms with E-state index in [0.29, 0.717) is 17.4 Å². The molecular weight excluding hydrogens is 266 g/mol. The number of nitrogens with one attached hydrogen (secondary N) is 1. The zero-order chi connectivity index (χ0) is 13.8. The van der Waals surface area contributed by atoms with Gasteiger partial charge in [-0.15, -0.1) is 0 Å². The van der Waals surface area contributed by atoms with Gasteiger partial charge in [-0.3, -0.25) is 0 Å². The van der Waals surface area contributed by atoms with Crippen molar-refractivity contribution < 1.29 is 9.90 Å². The number of aromatic nitrogens is 1. The van der Waals surface area contributed by atoms with Gasteiger partial charge >= 0.3 is 5.97 Å². The monoisotopic (exact) mass is 277 g/mol. The number of nitrogens with zero attached hydrogens (tertiary/aromatic N) is 1. The highest BCUT2D eigenvalue weighted by molar-refractivity contribution is 6.30. The Morgan fingerprint density at radius 2 is 2.21 bits per heavy atom. The van der Waals surface area contributed by atoms with Crippen LogP contribution in [0.3, 0.4) is 0 Å². The number of carboxylic acids is 1. The lowest BCUT2D eigenvalue weighted by molar-refractivity contribution is 0.0698. The van der Waals surface area contributed by atoms with Gasteiger partial charge in [0, 0.05) is 17.8 Å². The van der Waals surface area contributed by atoms with Crippen molar-refractivity contribution in [2.24, 2.45) is 0 Å². The zero-order valence-corrected chi connectivity index (χ0v) is 10.7. The van der Waals surface area contributed by atoms with Crippen LogP contribution in [0.2, 0.25) is 5.02 Å². The molecule has 0 amide bonds. The topological polar surface area (TPSA) is 88.2 Å². The van der Waals surface area contributed by atoms with Gasteiger partial charge in [-0.1, -0.05) is 23.7 Å². The second-order valence-corrected chi connectivity index (χ2v) is 4.35. The van der Waals surface area contributed by atoms with Crippen LogP contribution < -0.4 is 11.1 Å². The summed E-state index contributed by atoms with van der Waals surface area (Å²) < 4.78 is 0. The van der Waals surface area contributed by atoms with E-state index in [-0.39, 0.29) is 11.3 Å². The third-order valence-corrected chi connectivity index (χ3v) is 2.80. The number of halogens is 1. The molecule has 0 fully saturated rings. The highest BCUT2D eigenvalue weighted by Gasteiger charge is 2.11. The Hall–Kier alpha value is -2.27. The van der Waals surface area contributed by atoms with Gasteiger partial charge < -0.3 is 16.2 Å². The molecule has 0 aliphatic rings. The maximum Gasteiger partial charge on any atom is 0.337 e. The average molecular weight is 278 g/mol. The van der Waals surface area contributed by atoms with Crippen molar-refractivity contribution in [1.82, 2.24) is 4.98 Å². The Bertz CT molecular complexity index is 617. The quantitative estimate of drug-likeness (QED) is 0.799. The summed E-state index contributed by atoms with van der Waals surface area (Å²) in [6, 6.07) is 8.69. The van der Waals surface area contributed by atoms with Crippen LogP contribution in [0.4, 0.5) is 11.5 Å². The van der Waals surface area contributed by atoms with Crippen LogP contribution in [0.15, 0.2) is 36.5 Å². The van der Waals surface area contributed by atoms with E-state index in [0.717, 1.165) is 5.56 Å². The van der Waals surface area contributed by atoms with E-state index in [9.17, 15) is 4.79 Å². The molecule has 4 N–H and O–H groups in total. The van der Waals surface area contributed by atoms with E-state index in [4.69, 9.17) is 22.4 Å². The Labute approximate surface area is 115 Å². The number of carbonyl (C=O) groups is 1. The summed E-state index contributed by atoms with van der Waals surface area (Å²) in [5.41, 5.74) is 6.85. The number of hydrogen-bond donors (Lipinski definition) is 3. The van der Waals surface area contributed by atoms with E-state index in [2.05, 4.69) is 10.3 Å². The Morgan fingerprint density at radius 3 is 2.89 bits per heavy atom. The lowest BCUT2D eigenvalue weighted by Crippen LogP contribution is -2.09. The van der Waals surface area contributed by atoms with Crippen LogP contribution in [0, 0.1) is 0 Å². The first-order valence-electron chi connectivity index (χ1n) is 5.54. The van der Waals surface area contributed by atoms with Crippen molar-refractivity contribution in [2.75, 3.05) is 11.1 Å². The number of pyridine rings is 1. The number of hydrogen-bond acceptors (Lipinski definition) is 4. The number of benzene rings is 1. The minimum Gasteiger partial charge on any atom is -0.478 e. The molecule has 2 aromatic rings. The molecule has 0 saturated heterocycles. The Morgan fingerprint density at radius 1 is 1.42 bits per heavy atom. The van der Waals surface area contributed by atoms with Crippen molar-refractivity contribution in [3.05, 3.63) is 52.7 Å². The van der Waals surface area contributed by atoms with Crippen molar-refractivity contribution in [2.45, 2.75) is 6.54 Å². The third-order valence-electron chi connectivity index (χ3n) is 2.57. The highest BCUT2D eigenvalue weighted by Crippen LogP contribution is 2.21. The van der Waals surface area contributed by atoms with E-state index < -0.39 is 5.97 Å². The van der Waals surface area contributed by atoms with Gasteiger partial charge in [0.2, 0.25) is 0 Å². The van der Waals surface area contributed by atoms with Crippen LogP contribution in [0.25, 0.3) is 0 Å². The van der Waals surface area contributed by atoms with Crippen LogP contribution in [0.5, 0.6) is 0 Å². The molecule has 1 aromatic heterocycles. The SMILES string of the molecule is Nc1c(C(=O)O)ccnc1NCc1cccc(Cl)c1.